The summed E-state index contributed by atoms with van der Waals surface area (Å²) in [5.41, 5.74) is 4.20. The van der Waals surface area contributed by atoms with Crippen LogP contribution in [0.25, 0.3) is 0 Å². The van der Waals surface area contributed by atoms with Gasteiger partial charge < -0.3 is 10.5 Å². The molecule has 0 aliphatic carbocycles. The lowest BCUT2D eigenvalue weighted by atomic mass is 10.2. The van der Waals surface area contributed by atoms with E-state index < -0.39 is 17.8 Å². The first kappa shape index (κ1) is 18.1. The molecule has 0 aromatic carbocycles. The fourth-order valence-electron chi connectivity index (χ4n) is 1.31. The Morgan fingerprint density at radius 3 is 2.22 bits per heavy atom. The largest absolute Gasteiger partial charge is 0.465 e. The molecule has 0 spiro atoms. The maximum Gasteiger partial charge on any atom is 0.433 e. The van der Waals surface area contributed by atoms with E-state index in [1.807, 2.05) is 0 Å². The van der Waals surface area contributed by atoms with E-state index in [2.05, 4.69) is 14.7 Å². The van der Waals surface area contributed by atoms with Crippen molar-refractivity contribution in [2.24, 2.45) is 5.73 Å². The number of primary amides is 1. The summed E-state index contributed by atoms with van der Waals surface area (Å²) in [6, 6.07) is 5.03. The number of carbonyl (C=O) groups excluding carboxylic acids is 2. The Kier molecular flexibility index (Phi) is 6.19. The summed E-state index contributed by atoms with van der Waals surface area (Å²) in [6.07, 6.45) is -0.625. The van der Waals surface area contributed by atoms with Gasteiger partial charge in [-0.15, -0.1) is 0 Å². The van der Waals surface area contributed by atoms with Crippen molar-refractivity contribution in [3.05, 3.63) is 59.7 Å². The number of esters is 1. The number of ether oxygens (including phenoxy) is 1. The quantitative estimate of drug-likeness (QED) is 0.852. The van der Waals surface area contributed by atoms with Gasteiger partial charge in [-0.1, -0.05) is 0 Å². The summed E-state index contributed by atoms with van der Waals surface area (Å²) in [6.45, 7) is 0. The van der Waals surface area contributed by atoms with Gasteiger partial charge in [0.05, 0.1) is 18.2 Å². The molecule has 2 rings (SSSR count). The van der Waals surface area contributed by atoms with Crippen molar-refractivity contribution in [2.45, 2.75) is 6.18 Å². The van der Waals surface area contributed by atoms with E-state index in [0.717, 1.165) is 12.3 Å². The average molecular weight is 327 g/mol. The summed E-state index contributed by atoms with van der Waals surface area (Å²) in [7, 11) is 1.34. The van der Waals surface area contributed by atoms with Crippen molar-refractivity contribution >= 4 is 11.9 Å². The van der Waals surface area contributed by atoms with Crippen LogP contribution in [-0.4, -0.2) is 29.0 Å². The monoisotopic (exact) mass is 327 g/mol. The summed E-state index contributed by atoms with van der Waals surface area (Å²) >= 11 is 0. The van der Waals surface area contributed by atoms with E-state index in [1.165, 1.54) is 13.3 Å². The van der Waals surface area contributed by atoms with Crippen LogP contribution in [0.3, 0.4) is 0 Å². The minimum Gasteiger partial charge on any atom is -0.465 e. The molecule has 2 aromatic rings. The molecule has 2 heterocycles. The molecule has 0 fully saturated rings. The second-order valence-electron chi connectivity index (χ2n) is 4.03. The van der Waals surface area contributed by atoms with Gasteiger partial charge in [0.25, 0.3) is 0 Å². The molecular weight excluding hydrogens is 315 g/mol. The van der Waals surface area contributed by atoms with E-state index in [1.54, 1.807) is 18.3 Å². The topological polar surface area (TPSA) is 95.2 Å². The lowest BCUT2D eigenvalue weighted by Crippen LogP contribution is -2.13. The third-order valence-corrected chi connectivity index (χ3v) is 2.42. The van der Waals surface area contributed by atoms with Crippen LogP contribution in [0.2, 0.25) is 0 Å². The molecule has 0 saturated heterocycles. The van der Waals surface area contributed by atoms with Crippen LogP contribution in [0.5, 0.6) is 0 Å². The van der Waals surface area contributed by atoms with Crippen molar-refractivity contribution in [1.82, 2.24) is 9.97 Å². The maximum absolute atomic E-state index is 11.9. The van der Waals surface area contributed by atoms with Crippen LogP contribution < -0.4 is 5.73 Å². The second-order valence-corrected chi connectivity index (χ2v) is 4.03. The number of hydrogen-bond donors (Lipinski definition) is 1. The Labute approximate surface area is 129 Å². The predicted octanol–water partition coefficient (Wildman–Crippen LogP) is 2.07. The minimum absolute atomic E-state index is 0.0481. The normalized spacial score (nSPS) is 10.3. The highest BCUT2D eigenvalue weighted by atomic mass is 19.4. The number of halogens is 3. The average Bonchev–Trinajstić information content (AvgIpc) is 2.55. The number of nitrogens with two attached hydrogens (primary N) is 1. The van der Waals surface area contributed by atoms with Gasteiger partial charge in [-0.2, -0.15) is 13.2 Å². The van der Waals surface area contributed by atoms with Crippen molar-refractivity contribution in [1.29, 1.82) is 0 Å². The molecule has 23 heavy (non-hydrogen) atoms. The van der Waals surface area contributed by atoms with Crippen LogP contribution in [0, 0.1) is 0 Å². The molecule has 0 saturated carbocycles. The molecule has 0 radical (unpaired) electrons. The van der Waals surface area contributed by atoms with Gasteiger partial charge in [0.15, 0.2) is 0 Å². The Balaban J connectivity index is 0.000000238. The zero-order valence-electron chi connectivity index (χ0n) is 11.9. The number of alkyl halides is 3. The number of amides is 1. The summed E-state index contributed by atoms with van der Waals surface area (Å²) in [5.74, 6) is -1.16. The predicted molar refractivity (Wildman–Crippen MR) is 73.3 cm³/mol. The third kappa shape index (κ3) is 5.73. The Bertz CT molecular complexity index is 658. The highest BCUT2D eigenvalue weighted by Crippen LogP contribution is 2.26. The smallest absolute Gasteiger partial charge is 0.433 e. The number of pyridine rings is 2. The fraction of sp³-hybridized carbons (Fsp3) is 0.143. The zero-order chi connectivity index (χ0) is 17.5. The molecule has 0 aliphatic rings. The van der Waals surface area contributed by atoms with Gasteiger partial charge in [-0.3, -0.25) is 14.8 Å². The number of nitrogens with zero attached hydrogens (tertiary/aromatic N) is 2. The van der Waals surface area contributed by atoms with Crippen LogP contribution in [0.15, 0.2) is 42.9 Å². The lowest BCUT2D eigenvalue weighted by molar-refractivity contribution is -0.141. The van der Waals surface area contributed by atoms with Crippen molar-refractivity contribution < 1.29 is 27.5 Å². The van der Waals surface area contributed by atoms with Crippen LogP contribution in [-0.2, 0) is 10.9 Å². The van der Waals surface area contributed by atoms with Gasteiger partial charge in [0.1, 0.15) is 5.69 Å². The standard InChI is InChI=1S/C7H5F3N2O.C7H7NO2/c8-7(9,10)5-2-1-4(3-12-5)6(11)13;1-10-7(9)6-3-2-4-8-5-6/h1-3H,(H2,11,13);2-5H,1H3. The van der Waals surface area contributed by atoms with Gasteiger partial charge in [-0.05, 0) is 24.3 Å². The number of rotatable bonds is 2. The van der Waals surface area contributed by atoms with Crippen LogP contribution in [0.4, 0.5) is 13.2 Å². The Morgan fingerprint density at radius 1 is 1.13 bits per heavy atom. The molecule has 2 aromatic heterocycles. The molecule has 2 N–H and O–H groups in total. The molecule has 1 amide bonds. The molecule has 0 aliphatic heterocycles. The third-order valence-electron chi connectivity index (χ3n) is 2.42. The molecular formula is C14H12F3N3O3. The van der Waals surface area contributed by atoms with Crippen molar-refractivity contribution in [2.75, 3.05) is 7.11 Å². The van der Waals surface area contributed by atoms with Gasteiger partial charge in [-0.25, -0.2) is 4.79 Å². The van der Waals surface area contributed by atoms with Gasteiger partial charge in [0, 0.05) is 18.6 Å². The number of hydrogen-bond acceptors (Lipinski definition) is 5. The maximum atomic E-state index is 11.9. The van der Waals surface area contributed by atoms with Gasteiger partial charge >= 0.3 is 12.1 Å². The van der Waals surface area contributed by atoms with E-state index in [0.29, 0.717) is 11.6 Å². The van der Waals surface area contributed by atoms with Crippen LogP contribution >= 0.6 is 0 Å². The Hall–Kier alpha value is -2.97. The lowest BCUT2D eigenvalue weighted by Gasteiger charge is -2.04. The Morgan fingerprint density at radius 2 is 1.83 bits per heavy atom. The highest BCUT2D eigenvalue weighted by Gasteiger charge is 2.32. The number of methoxy groups -OCH3 is 1. The first-order valence-electron chi connectivity index (χ1n) is 6.07. The minimum atomic E-state index is -4.49. The highest BCUT2D eigenvalue weighted by molar-refractivity contribution is 5.92. The molecule has 6 nitrogen and oxygen atoms in total. The molecule has 122 valence electrons. The summed E-state index contributed by atoms with van der Waals surface area (Å²) in [5, 5.41) is 0. The molecule has 9 heteroatoms. The first-order valence-corrected chi connectivity index (χ1v) is 6.07. The van der Waals surface area contributed by atoms with Crippen LogP contribution in [0.1, 0.15) is 26.4 Å². The number of aromatic nitrogens is 2. The first-order chi connectivity index (χ1) is 10.8. The molecule has 0 atom stereocenters. The van der Waals surface area contributed by atoms with E-state index in [9.17, 15) is 22.8 Å². The zero-order valence-corrected chi connectivity index (χ0v) is 11.9. The SMILES string of the molecule is COC(=O)c1cccnc1.NC(=O)c1ccc(C(F)(F)F)nc1. The van der Waals surface area contributed by atoms with Crippen molar-refractivity contribution in [3.63, 3.8) is 0 Å². The fourth-order valence-corrected chi connectivity index (χ4v) is 1.31. The number of carbonyl (C=O) groups is 2. The van der Waals surface area contributed by atoms with E-state index >= 15 is 0 Å². The van der Waals surface area contributed by atoms with E-state index in [4.69, 9.17) is 5.73 Å². The van der Waals surface area contributed by atoms with Gasteiger partial charge in [0.2, 0.25) is 5.91 Å². The van der Waals surface area contributed by atoms with Crippen molar-refractivity contribution in [3.8, 4) is 0 Å². The summed E-state index contributed by atoms with van der Waals surface area (Å²) < 4.78 is 40.3. The summed E-state index contributed by atoms with van der Waals surface area (Å²) in [4.78, 5) is 28.0. The van der Waals surface area contributed by atoms with E-state index in [-0.39, 0.29) is 11.5 Å². The molecule has 0 unspecified atom stereocenters. The molecule has 0 bridgehead atoms. The second kappa shape index (κ2) is 7.87.